The van der Waals surface area contributed by atoms with Crippen LogP contribution in [0.4, 0.5) is 5.69 Å². The summed E-state index contributed by atoms with van der Waals surface area (Å²) in [6, 6.07) is 15.0. The topological polar surface area (TPSA) is 55.1 Å². The highest BCUT2D eigenvalue weighted by Gasteiger charge is 2.09. The minimum Gasteiger partial charge on any atom is -0.398 e. The van der Waals surface area contributed by atoms with E-state index in [9.17, 15) is 4.79 Å². The number of amides is 1. The lowest BCUT2D eigenvalue weighted by Gasteiger charge is -2.08. The largest absolute Gasteiger partial charge is 0.398 e. The molecule has 2 aromatic carbocycles. The molecule has 0 atom stereocenters. The molecule has 4 heteroatoms. The zero-order chi connectivity index (χ0) is 13.0. The number of carbonyl (C=O) groups excluding carboxylic acids is 1. The number of nitrogens with one attached hydrogen (secondary N) is 1. The van der Waals surface area contributed by atoms with Crippen molar-refractivity contribution in [2.24, 2.45) is 0 Å². The number of hydrogen-bond donors (Lipinski definition) is 2. The van der Waals surface area contributed by atoms with Crippen molar-refractivity contribution in [1.29, 1.82) is 0 Å². The maximum atomic E-state index is 12.0. The Morgan fingerprint density at radius 3 is 2.61 bits per heavy atom. The number of nitrogens with two attached hydrogens (primary N) is 1. The van der Waals surface area contributed by atoms with Crippen molar-refractivity contribution in [3.63, 3.8) is 0 Å². The van der Waals surface area contributed by atoms with Crippen LogP contribution in [0.25, 0.3) is 0 Å². The molecule has 2 rings (SSSR count). The van der Waals surface area contributed by atoms with Gasteiger partial charge in [-0.3, -0.25) is 4.79 Å². The molecule has 0 heterocycles. The summed E-state index contributed by atoms with van der Waals surface area (Å²) < 4.78 is 0.835. The van der Waals surface area contributed by atoms with E-state index >= 15 is 0 Å². The Hall–Kier alpha value is -1.81. The minimum absolute atomic E-state index is 0.169. The summed E-state index contributed by atoms with van der Waals surface area (Å²) >= 11 is 3.33. The van der Waals surface area contributed by atoms with Gasteiger partial charge in [-0.15, -0.1) is 0 Å². The summed E-state index contributed by atoms with van der Waals surface area (Å²) in [6.07, 6.45) is 0. The first-order valence-electron chi connectivity index (χ1n) is 5.54. The van der Waals surface area contributed by atoms with Gasteiger partial charge in [0, 0.05) is 16.7 Å². The average Bonchev–Trinajstić information content (AvgIpc) is 2.40. The van der Waals surface area contributed by atoms with Gasteiger partial charge >= 0.3 is 0 Å². The van der Waals surface area contributed by atoms with Crippen LogP contribution in [0.1, 0.15) is 15.9 Å². The number of halogens is 1. The van der Waals surface area contributed by atoms with Gasteiger partial charge in [-0.25, -0.2) is 0 Å². The molecule has 1 amide bonds. The van der Waals surface area contributed by atoms with Gasteiger partial charge in [-0.05, 0) is 23.8 Å². The summed E-state index contributed by atoms with van der Waals surface area (Å²) in [5, 5.41) is 2.84. The molecule has 0 bridgehead atoms. The Balaban J connectivity index is 2.06. The highest BCUT2D eigenvalue weighted by atomic mass is 79.9. The number of nitrogen functional groups attached to an aromatic ring is 1. The molecule has 0 aliphatic rings. The summed E-state index contributed by atoms with van der Waals surface area (Å²) in [5.41, 5.74) is 7.79. The van der Waals surface area contributed by atoms with Crippen LogP contribution in [0.5, 0.6) is 0 Å². The molecule has 0 saturated carbocycles. The normalized spacial score (nSPS) is 10.1. The second-order valence-electron chi connectivity index (χ2n) is 3.90. The first-order chi connectivity index (χ1) is 8.66. The van der Waals surface area contributed by atoms with Gasteiger partial charge in [-0.1, -0.05) is 46.3 Å². The highest BCUT2D eigenvalue weighted by Crippen LogP contribution is 2.18. The molecular weight excluding hydrogens is 292 g/mol. The molecule has 2 aromatic rings. The van der Waals surface area contributed by atoms with Gasteiger partial charge in [0.1, 0.15) is 0 Å². The Kier molecular flexibility index (Phi) is 3.99. The fourth-order valence-electron chi connectivity index (χ4n) is 1.60. The lowest BCUT2D eigenvalue weighted by atomic mass is 10.1. The fraction of sp³-hybridized carbons (Fsp3) is 0.0714. The lowest BCUT2D eigenvalue weighted by Crippen LogP contribution is -2.23. The standard InChI is InChI=1S/C14H13BrN2O/c15-11-6-7-13(16)12(8-11)14(18)17-9-10-4-2-1-3-5-10/h1-8H,9,16H2,(H,17,18). The highest BCUT2D eigenvalue weighted by molar-refractivity contribution is 9.10. The van der Waals surface area contributed by atoms with Crippen LogP contribution >= 0.6 is 15.9 Å². The Labute approximate surface area is 114 Å². The summed E-state index contributed by atoms with van der Waals surface area (Å²) in [7, 11) is 0. The van der Waals surface area contributed by atoms with Crippen LogP contribution < -0.4 is 11.1 Å². The van der Waals surface area contributed by atoms with E-state index in [4.69, 9.17) is 5.73 Å². The molecule has 18 heavy (non-hydrogen) atoms. The molecule has 92 valence electrons. The second kappa shape index (κ2) is 5.69. The average molecular weight is 305 g/mol. The first kappa shape index (κ1) is 12.6. The van der Waals surface area contributed by atoms with E-state index in [0.717, 1.165) is 10.0 Å². The van der Waals surface area contributed by atoms with Crippen LogP contribution in [0.3, 0.4) is 0 Å². The van der Waals surface area contributed by atoms with Crippen molar-refractivity contribution in [2.45, 2.75) is 6.54 Å². The summed E-state index contributed by atoms with van der Waals surface area (Å²) in [5.74, 6) is -0.169. The number of carbonyl (C=O) groups is 1. The third-order valence-corrected chi connectivity index (χ3v) is 3.05. The van der Waals surface area contributed by atoms with Crippen molar-refractivity contribution in [3.8, 4) is 0 Å². The van der Waals surface area contributed by atoms with Crippen LogP contribution in [0, 0.1) is 0 Å². The molecule has 0 saturated heterocycles. The molecule has 0 radical (unpaired) electrons. The molecule has 0 fully saturated rings. The van der Waals surface area contributed by atoms with Crippen LogP contribution in [0.2, 0.25) is 0 Å². The quantitative estimate of drug-likeness (QED) is 0.857. The van der Waals surface area contributed by atoms with Gasteiger partial charge in [0.2, 0.25) is 0 Å². The third-order valence-electron chi connectivity index (χ3n) is 2.56. The number of benzene rings is 2. The molecule has 0 aromatic heterocycles. The van der Waals surface area contributed by atoms with E-state index in [1.807, 2.05) is 36.4 Å². The molecule has 0 aliphatic carbocycles. The van der Waals surface area contributed by atoms with Crippen LogP contribution in [0.15, 0.2) is 53.0 Å². The number of hydrogen-bond acceptors (Lipinski definition) is 2. The smallest absolute Gasteiger partial charge is 0.253 e. The van der Waals surface area contributed by atoms with Gasteiger partial charge in [0.25, 0.3) is 5.91 Å². The fourth-order valence-corrected chi connectivity index (χ4v) is 1.96. The van der Waals surface area contributed by atoms with Crippen LogP contribution in [-0.4, -0.2) is 5.91 Å². The van der Waals surface area contributed by atoms with Crippen molar-refractivity contribution >= 4 is 27.5 Å². The molecule has 3 N–H and O–H groups in total. The predicted molar refractivity (Wildman–Crippen MR) is 76.2 cm³/mol. The number of anilines is 1. The number of rotatable bonds is 3. The predicted octanol–water partition coefficient (Wildman–Crippen LogP) is 2.96. The Morgan fingerprint density at radius 1 is 1.17 bits per heavy atom. The Bertz CT molecular complexity index is 555. The maximum Gasteiger partial charge on any atom is 0.253 e. The van der Waals surface area contributed by atoms with Gasteiger partial charge in [0.15, 0.2) is 0 Å². The molecule has 0 unspecified atom stereocenters. The van der Waals surface area contributed by atoms with Gasteiger partial charge in [-0.2, -0.15) is 0 Å². The van der Waals surface area contributed by atoms with E-state index in [1.165, 1.54) is 0 Å². The molecule has 0 spiro atoms. The van der Waals surface area contributed by atoms with E-state index < -0.39 is 0 Å². The van der Waals surface area contributed by atoms with E-state index in [1.54, 1.807) is 12.1 Å². The summed E-state index contributed by atoms with van der Waals surface area (Å²) in [6.45, 7) is 0.492. The van der Waals surface area contributed by atoms with Crippen molar-refractivity contribution < 1.29 is 4.79 Å². The maximum absolute atomic E-state index is 12.0. The zero-order valence-electron chi connectivity index (χ0n) is 9.69. The molecular formula is C14H13BrN2O. The lowest BCUT2D eigenvalue weighted by molar-refractivity contribution is 0.0951. The molecule has 3 nitrogen and oxygen atoms in total. The van der Waals surface area contributed by atoms with Crippen LogP contribution in [-0.2, 0) is 6.54 Å². The van der Waals surface area contributed by atoms with E-state index in [-0.39, 0.29) is 5.91 Å². The van der Waals surface area contributed by atoms with E-state index in [2.05, 4.69) is 21.2 Å². The first-order valence-corrected chi connectivity index (χ1v) is 6.33. The Morgan fingerprint density at radius 2 is 1.89 bits per heavy atom. The minimum atomic E-state index is -0.169. The SMILES string of the molecule is Nc1ccc(Br)cc1C(=O)NCc1ccccc1. The van der Waals surface area contributed by atoms with Gasteiger partial charge in [0.05, 0.1) is 5.56 Å². The zero-order valence-corrected chi connectivity index (χ0v) is 11.3. The molecule has 0 aliphatic heterocycles. The van der Waals surface area contributed by atoms with E-state index in [0.29, 0.717) is 17.8 Å². The van der Waals surface area contributed by atoms with Crippen molar-refractivity contribution in [2.75, 3.05) is 5.73 Å². The monoisotopic (exact) mass is 304 g/mol. The second-order valence-corrected chi connectivity index (χ2v) is 4.82. The van der Waals surface area contributed by atoms with Crippen molar-refractivity contribution in [3.05, 3.63) is 64.1 Å². The van der Waals surface area contributed by atoms with Crippen molar-refractivity contribution in [1.82, 2.24) is 5.32 Å². The summed E-state index contributed by atoms with van der Waals surface area (Å²) in [4.78, 5) is 12.0. The third kappa shape index (κ3) is 3.11. The van der Waals surface area contributed by atoms with Gasteiger partial charge < -0.3 is 11.1 Å².